The number of hydrogen-bond donors (Lipinski definition) is 2. The van der Waals surface area contributed by atoms with Crippen LogP contribution >= 0.6 is 0 Å². The summed E-state index contributed by atoms with van der Waals surface area (Å²) < 4.78 is 1.61. The van der Waals surface area contributed by atoms with Crippen LogP contribution in [0.4, 0.5) is 11.5 Å². The van der Waals surface area contributed by atoms with Crippen LogP contribution < -0.4 is 10.6 Å². The summed E-state index contributed by atoms with van der Waals surface area (Å²) in [5.41, 5.74) is 3.69. The molecule has 2 N–H and O–H groups in total. The molecule has 0 radical (unpaired) electrons. The van der Waals surface area contributed by atoms with Crippen molar-refractivity contribution >= 4 is 23.1 Å². The summed E-state index contributed by atoms with van der Waals surface area (Å²) in [5.74, 6) is 0.176. The maximum Gasteiger partial charge on any atom is 0.275 e. The van der Waals surface area contributed by atoms with Gasteiger partial charge in [0.25, 0.3) is 5.91 Å². The summed E-state index contributed by atoms with van der Waals surface area (Å²) in [5, 5.41) is 10.6. The highest BCUT2D eigenvalue weighted by Crippen LogP contribution is 2.26. The summed E-state index contributed by atoms with van der Waals surface area (Å²) in [7, 11) is 1.87. The molecule has 0 bridgehead atoms. The fraction of sp³-hybridized carbons (Fsp3) is 0.0526. The number of rotatable bonds is 4. The molecule has 3 aromatic heterocycles. The average Bonchev–Trinajstić information content (AvgIpc) is 3.10. The number of pyridine rings is 1. The highest BCUT2D eigenvalue weighted by atomic mass is 16.2. The molecule has 0 aliphatic rings. The molecule has 4 aromatic rings. The van der Waals surface area contributed by atoms with Crippen molar-refractivity contribution in [3.63, 3.8) is 0 Å². The molecule has 128 valence electrons. The minimum absolute atomic E-state index is 0.310. The topological polar surface area (TPSA) is 84.2 Å². The van der Waals surface area contributed by atoms with Crippen LogP contribution in [0.1, 0.15) is 10.5 Å². The molecule has 0 spiro atoms. The van der Waals surface area contributed by atoms with Crippen molar-refractivity contribution < 1.29 is 4.79 Å². The Hall–Kier alpha value is -3.74. The minimum Gasteiger partial charge on any atom is -0.388 e. The van der Waals surface area contributed by atoms with Crippen LogP contribution in [0.3, 0.4) is 0 Å². The summed E-state index contributed by atoms with van der Waals surface area (Å²) in [6, 6.07) is 16.8. The van der Waals surface area contributed by atoms with E-state index < -0.39 is 0 Å². The Bertz CT molecular complexity index is 1070. The van der Waals surface area contributed by atoms with Gasteiger partial charge in [-0.25, -0.2) is 4.98 Å². The molecule has 7 heteroatoms. The number of aromatic nitrogens is 4. The Labute approximate surface area is 149 Å². The van der Waals surface area contributed by atoms with Gasteiger partial charge in [-0.3, -0.25) is 9.78 Å². The highest BCUT2D eigenvalue weighted by molar-refractivity contribution is 6.02. The first-order valence-electron chi connectivity index (χ1n) is 8.10. The monoisotopic (exact) mass is 344 g/mol. The van der Waals surface area contributed by atoms with Crippen LogP contribution in [0.15, 0.2) is 67.0 Å². The van der Waals surface area contributed by atoms with Gasteiger partial charge >= 0.3 is 0 Å². The quantitative estimate of drug-likeness (QED) is 0.594. The Balaban J connectivity index is 1.72. The molecule has 1 amide bonds. The van der Waals surface area contributed by atoms with E-state index in [9.17, 15) is 4.79 Å². The van der Waals surface area contributed by atoms with Gasteiger partial charge in [0.1, 0.15) is 5.69 Å². The van der Waals surface area contributed by atoms with Gasteiger partial charge in [-0.2, -0.15) is 9.61 Å². The Morgan fingerprint density at radius 1 is 1.00 bits per heavy atom. The van der Waals surface area contributed by atoms with Crippen molar-refractivity contribution in [2.45, 2.75) is 0 Å². The van der Waals surface area contributed by atoms with Crippen LogP contribution in [-0.4, -0.2) is 32.5 Å². The fourth-order valence-corrected chi connectivity index (χ4v) is 2.70. The van der Waals surface area contributed by atoms with E-state index in [1.54, 1.807) is 35.1 Å². The summed E-state index contributed by atoms with van der Waals surface area (Å²) in [4.78, 5) is 20.7. The number of carbonyl (C=O) groups excluding carboxylic acids is 1. The smallest absolute Gasteiger partial charge is 0.275 e. The predicted octanol–water partition coefficient (Wildman–Crippen LogP) is 3.09. The van der Waals surface area contributed by atoms with Crippen molar-refractivity contribution in [1.29, 1.82) is 0 Å². The number of imidazole rings is 1. The summed E-state index contributed by atoms with van der Waals surface area (Å²) in [6.45, 7) is 0. The second-order valence-electron chi connectivity index (χ2n) is 5.60. The molecule has 0 aliphatic carbocycles. The van der Waals surface area contributed by atoms with E-state index >= 15 is 0 Å². The van der Waals surface area contributed by atoms with E-state index in [-0.39, 0.29) is 5.91 Å². The Morgan fingerprint density at radius 2 is 1.85 bits per heavy atom. The maximum absolute atomic E-state index is 12.4. The largest absolute Gasteiger partial charge is 0.388 e. The molecule has 4 rings (SSSR count). The van der Waals surface area contributed by atoms with Gasteiger partial charge in [0, 0.05) is 24.5 Å². The number of nitrogens with zero attached hydrogens (tertiary/aromatic N) is 4. The van der Waals surface area contributed by atoms with Crippen molar-refractivity contribution in [3.05, 3.63) is 72.7 Å². The second kappa shape index (κ2) is 6.64. The first kappa shape index (κ1) is 15.8. The van der Waals surface area contributed by atoms with Crippen LogP contribution in [-0.2, 0) is 0 Å². The molecular weight excluding hydrogens is 328 g/mol. The molecule has 0 atom stereocenters. The number of fused-ring (bicyclic) bond motifs is 1. The third kappa shape index (κ3) is 2.86. The third-order valence-electron chi connectivity index (χ3n) is 3.97. The molecule has 0 saturated heterocycles. The summed E-state index contributed by atoms with van der Waals surface area (Å²) >= 11 is 0. The van der Waals surface area contributed by atoms with Gasteiger partial charge in [-0.1, -0.05) is 24.3 Å². The average molecular weight is 344 g/mol. The van der Waals surface area contributed by atoms with Crippen LogP contribution in [0.5, 0.6) is 0 Å². The summed E-state index contributed by atoms with van der Waals surface area (Å²) in [6.07, 6.45) is 3.16. The lowest BCUT2D eigenvalue weighted by Gasteiger charge is -2.09. The first-order chi connectivity index (χ1) is 12.8. The van der Waals surface area contributed by atoms with Gasteiger partial charge in [0.2, 0.25) is 0 Å². The van der Waals surface area contributed by atoms with E-state index in [1.165, 1.54) is 0 Å². The van der Waals surface area contributed by atoms with E-state index in [4.69, 9.17) is 0 Å². The zero-order chi connectivity index (χ0) is 17.9. The van der Waals surface area contributed by atoms with E-state index in [0.717, 1.165) is 16.9 Å². The molecular formula is C19H16N6O. The number of para-hydroxylation sites is 1. The third-order valence-corrected chi connectivity index (χ3v) is 3.97. The zero-order valence-corrected chi connectivity index (χ0v) is 14.0. The molecule has 0 fully saturated rings. The standard InChI is InChI=1S/C19H16N6O/c1-20-14-7-3-2-6-13(14)15-9-10-17-22-12-18(25(17)24-15)23-19(26)16-8-4-5-11-21-16/h2-12,20H,1H3,(H,23,26). The molecule has 0 aliphatic heterocycles. The number of benzene rings is 1. The van der Waals surface area contributed by atoms with Gasteiger partial charge in [-0.15, -0.1) is 0 Å². The number of hydrogen-bond acceptors (Lipinski definition) is 5. The van der Waals surface area contributed by atoms with Gasteiger partial charge < -0.3 is 10.6 Å². The molecule has 0 unspecified atom stereocenters. The number of anilines is 2. The fourth-order valence-electron chi connectivity index (χ4n) is 2.70. The van der Waals surface area contributed by atoms with Crippen molar-refractivity contribution in [2.75, 3.05) is 17.7 Å². The molecule has 0 saturated carbocycles. The van der Waals surface area contributed by atoms with Crippen molar-refractivity contribution in [2.24, 2.45) is 0 Å². The lowest BCUT2D eigenvalue weighted by atomic mass is 10.1. The van der Waals surface area contributed by atoms with Crippen LogP contribution in [0, 0.1) is 0 Å². The van der Waals surface area contributed by atoms with E-state index in [2.05, 4.69) is 25.7 Å². The normalized spacial score (nSPS) is 10.7. The Morgan fingerprint density at radius 3 is 2.65 bits per heavy atom. The van der Waals surface area contributed by atoms with E-state index in [1.807, 2.05) is 43.4 Å². The second-order valence-corrected chi connectivity index (χ2v) is 5.60. The van der Waals surface area contributed by atoms with Gasteiger partial charge in [-0.05, 0) is 30.3 Å². The van der Waals surface area contributed by atoms with Crippen molar-refractivity contribution in [3.8, 4) is 11.3 Å². The van der Waals surface area contributed by atoms with Crippen LogP contribution in [0.25, 0.3) is 16.9 Å². The number of carbonyl (C=O) groups is 1. The number of amides is 1. The van der Waals surface area contributed by atoms with Gasteiger partial charge in [0.05, 0.1) is 11.9 Å². The van der Waals surface area contributed by atoms with E-state index in [0.29, 0.717) is 17.2 Å². The SMILES string of the molecule is CNc1ccccc1-c1ccc2ncc(NC(=O)c3ccccn3)n2n1. The lowest BCUT2D eigenvalue weighted by Crippen LogP contribution is -2.15. The zero-order valence-electron chi connectivity index (χ0n) is 14.0. The minimum atomic E-state index is -0.310. The number of nitrogens with one attached hydrogen (secondary N) is 2. The molecule has 26 heavy (non-hydrogen) atoms. The highest BCUT2D eigenvalue weighted by Gasteiger charge is 2.13. The molecule has 1 aromatic carbocycles. The molecule has 3 heterocycles. The molecule has 7 nitrogen and oxygen atoms in total. The van der Waals surface area contributed by atoms with Crippen molar-refractivity contribution in [1.82, 2.24) is 19.6 Å². The Kier molecular flexibility index (Phi) is 4.03. The predicted molar refractivity (Wildman–Crippen MR) is 100 cm³/mol. The first-order valence-corrected chi connectivity index (χ1v) is 8.10. The van der Waals surface area contributed by atoms with Crippen LogP contribution in [0.2, 0.25) is 0 Å². The lowest BCUT2D eigenvalue weighted by molar-refractivity contribution is 0.102. The van der Waals surface area contributed by atoms with Gasteiger partial charge in [0.15, 0.2) is 11.5 Å². The maximum atomic E-state index is 12.4.